The number of carbonyl (C=O) groups is 1. The van der Waals surface area contributed by atoms with Crippen LogP contribution in [0.4, 0.5) is 0 Å². The molecule has 0 unspecified atom stereocenters. The molecule has 0 saturated carbocycles. The van der Waals surface area contributed by atoms with Crippen molar-refractivity contribution in [2.75, 3.05) is 0 Å². The van der Waals surface area contributed by atoms with Crippen LogP contribution >= 0.6 is 23.6 Å². The first-order valence-electron chi connectivity index (χ1n) is 4.57. The fraction of sp³-hybridized carbons (Fsp3) is 0.300. The van der Waals surface area contributed by atoms with Crippen LogP contribution in [-0.4, -0.2) is 20.7 Å². The molecule has 16 heavy (non-hydrogen) atoms. The summed E-state index contributed by atoms with van der Waals surface area (Å²) in [5.74, 6) is -0.913. The molecule has 0 radical (unpaired) electrons. The van der Waals surface area contributed by atoms with Gasteiger partial charge in [0.2, 0.25) is 5.88 Å². The Kier molecular flexibility index (Phi) is 4.49. The molecule has 1 aromatic heterocycles. The lowest BCUT2D eigenvalue weighted by molar-refractivity contribution is -0.137. The van der Waals surface area contributed by atoms with E-state index in [2.05, 4.69) is 5.73 Å². The van der Waals surface area contributed by atoms with Crippen molar-refractivity contribution in [3.05, 3.63) is 20.6 Å². The summed E-state index contributed by atoms with van der Waals surface area (Å²) in [6.45, 7) is 1.99. The molecule has 0 spiro atoms. The normalized spacial score (nSPS) is 9.56. The molecule has 0 saturated heterocycles. The van der Waals surface area contributed by atoms with Gasteiger partial charge in [-0.05, 0) is 25.2 Å². The van der Waals surface area contributed by atoms with E-state index >= 15 is 0 Å². The number of aromatic nitrogens is 1. The van der Waals surface area contributed by atoms with Gasteiger partial charge >= 0.3 is 5.97 Å². The van der Waals surface area contributed by atoms with Crippen LogP contribution in [0.25, 0.3) is 6.08 Å². The maximum absolute atomic E-state index is 10.4. The molecule has 1 heterocycles. The highest BCUT2D eigenvalue weighted by molar-refractivity contribution is 7.73. The minimum atomic E-state index is -0.918. The summed E-state index contributed by atoms with van der Waals surface area (Å²) >= 11 is 6.26. The van der Waals surface area contributed by atoms with Crippen LogP contribution in [0.1, 0.15) is 18.2 Å². The molecule has 0 aliphatic carbocycles. The van der Waals surface area contributed by atoms with Crippen molar-refractivity contribution in [2.45, 2.75) is 19.9 Å². The average Bonchev–Trinajstić information content (AvgIpc) is 2.48. The first-order chi connectivity index (χ1) is 7.56. The monoisotopic (exact) mass is 257 g/mol. The molecule has 2 N–H and O–H groups in total. The Balaban J connectivity index is 3.02. The van der Waals surface area contributed by atoms with Gasteiger partial charge in [0.15, 0.2) is 3.95 Å². The smallest absolute Gasteiger partial charge is 0.305 e. The van der Waals surface area contributed by atoms with E-state index in [-0.39, 0.29) is 18.8 Å². The number of thiazole rings is 1. The zero-order valence-electron chi connectivity index (χ0n) is 8.64. The average molecular weight is 257 g/mol. The summed E-state index contributed by atoms with van der Waals surface area (Å²) in [5, 5.41) is 18.3. The van der Waals surface area contributed by atoms with E-state index in [1.807, 2.05) is 6.92 Å². The van der Waals surface area contributed by atoms with Crippen molar-refractivity contribution >= 4 is 35.6 Å². The molecule has 0 aromatic carbocycles. The minimum Gasteiger partial charge on any atom is -0.493 e. The van der Waals surface area contributed by atoms with Crippen LogP contribution in [-0.2, 0) is 11.3 Å². The second-order valence-corrected chi connectivity index (χ2v) is 4.63. The van der Waals surface area contributed by atoms with Gasteiger partial charge in [-0.3, -0.25) is 9.36 Å². The maximum atomic E-state index is 10.4. The molecule has 0 fully saturated rings. The zero-order valence-corrected chi connectivity index (χ0v) is 10.3. The number of carboxylic acid groups (broad SMARTS) is 1. The predicted octanol–water partition coefficient (Wildman–Crippen LogP) is 2.65. The number of hydrogen-bond donors (Lipinski definition) is 2. The molecular formula is C10H11NO3S2. The van der Waals surface area contributed by atoms with E-state index < -0.39 is 5.97 Å². The van der Waals surface area contributed by atoms with Crippen LogP contribution in [0.2, 0.25) is 0 Å². The van der Waals surface area contributed by atoms with E-state index in [0.717, 1.165) is 0 Å². The van der Waals surface area contributed by atoms with E-state index in [1.165, 1.54) is 15.9 Å². The Hall–Kier alpha value is -1.36. The van der Waals surface area contributed by atoms with Gasteiger partial charge in [-0.1, -0.05) is 0 Å². The highest BCUT2D eigenvalue weighted by Crippen LogP contribution is 2.27. The second-order valence-electron chi connectivity index (χ2n) is 2.95. The third kappa shape index (κ3) is 3.06. The van der Waals surface area contributed by atoms with E-state index in [4.69, 9.17) is 17.3 Å². The Morgan fingerprint density at radius 1 is 1.69 bits per heavy atom. The van der Waals surface area contributed by atoms with Crippen molar-refractivity contribution in [1.82, 2.24) is 4.57 Å². The first-order valence-corrected chi connectivity index (χ1v) is 5.80. The van der Waals surface area contributed by atoms with Gasteiger partial charge in [0, 0.05) is 12.6 Å². The quantitative estimate of drug-likeness (QED) is 0.643. The predicted molar refractivity (Wildman–Crippen MR) is 65.3 cm³/mol. The van der Waals surface area contributed by atoms with Crippen LogP contribution in [0, 0.1) is 3.95 Å². The Morgan fingerprint density at radius 2 is 2.38 bits per heavy atom. The SMILES string of the molecule is CC=C=Cc1sc(=S)n(CCC(=O)O)c1O. The summed E-state index contributed by atoms with van der Waals surface area (Å²) in [6.07, 6.45) is 3.27. The van der Waals surface area contributed by atoms with E-state index in [1.54, 1.807) is 12.2 Å². The third-order valence-corrected chi connectivity index (χ3v) is 3.21. The molecule has 4 nitrogen and oxygen atoms in total. The molecule has 0 bridgehead atoms. The molecule has 0 aliphatic heterocycles. The first kappa shape index (κ1) is 12.7. The van der Waals surface area contributed by atoms with Crippen molar-refractivity contribution in [3.8, 4) is 5.88 Å². The third-order valence-electron chi connectivity index (χ3n) is 1.82. The number of carboxylic acids is 1. The number of aromatic hydroxyl groups is 1. The van der Waals surface area contributed by atoms with Crippen molar-refractivity contribution in [2.24, 2.45) is 0 Å². The highest BCUT2D eigenvalue weighted by Gasteiger charge is 2.10. The van der Waals surface area contributed by atoms with Gasteiger partial charge in [-0.15, -0.1) is 17.1 Å². The zero-order chi connectivity index (χ0) is 12.1. The summed E-state index contributed by atoms with van der Waals surface area (Å²) in [6, 6.07) is 0. The molecule has 0 atom stereocenters. The fourth-order valence-electron chi connectivity index (χ4n) is 1.07. The summed E-state index contributed by atoms with van der Waals surface area (Å²) < 4.78 is 1.88. The molecule has 6 heteroatoms. The van der Waals surface area contributed by atoms with Gasteiger partial charge in [-0.2, -0.15) is 0 Å². The lowest BCUT2D eigenvalue weighted by Gasteiger charge is -2.01. The number of aliphatic carboxylic acids is 1. The largest absolute Gasteiger partial charge is 0.493 e. The standard InChI is InChI=1S/C10H11NO3S2/c1-2-3-4-7-9(14)11(10(15)16-7)6-5-8(12)13/h2,4,14H,5-6H2,1H3,(H,12,13). The molecule has 86 valence electrons. The van der Waals surface area contributed by atoms with Gasteiger partial charge in [0.05, 0.1) is 11.3 Å². The Bertz CT molecular complexity index is 507. The maximum Gasteiger partial charge on any atom is 0.305 e. The molecule has 1 rings (SSSR count). The fourth-order valence-corrected chi connectivity index (χ4v) is 2.32. The Morgan fingerprint density at radius 3 is 2.94 bits per heavy atom. The van der Waals surface area contributed by atoms with Crippen LogP contribution in [0.15, 0.2) is 11.8 Å². The van der Waals surface area contributed by atoms with Crippen LogP contribution in [0.3, 0.4) is 0 Å². The number of rotatable bonds is 4. The van der Waals surface area contributed by atoms with Crippen LogP contribution in [0.5, 0.6) is 5.88 Å². The molecule has 1 aromatic rings. The van der Waals surface area contributed by atoms with Gasteiger partial charge in [-0.25, -0.2) is 0 Å². The summed E-state index contributed by atoms with van der Waals surface area (Å²) in [4.78, 5) is 11.0. The lowest BCUT2D eigenvalue weighted by atomic mass is 10.4. The summed E-state index contributed by atoms with van der Waals surface area (Å²) in [7, 11) is 0. The number of hydrogen-bond acceptors (Lipinski definition) is 4. The summed E-state index contributed by atoms with van der Waals surface area (Å²) in [5.41, 5.74) is 2.84. The molecule has 0 aliphatic rings. The molecular weight excluding hydrogens is 246 g/mol. The highest BCUT2D eigenvalue weighted by atomic mass is 32.1. The topological polar surface area (TPSA) is 62.5 Å². The molecule has 0 amide bonds. The number of allylic oxidation sites excluding steroid dienone is 1. The van der Waals surface area contributed by atoms with E-state index in [0.29, 0.717) is 8.83 Å². The van der Waals surface area contributed by atoms with Gasteiger partial charge < -0.3 is 10.2 Å². The second kappa shape index (κ2) is 5.65. The van der Waals surface area contributed by atoms with Crippen molar-refractivity contribution in [1.29, 1.82) is 0 Å². The van der Waals surface area contributed by atoms with Gasteiger partial charge in [0.1, 0.15) is 0 Å². The van der Waals surface area contributed by atoms with Crippen LogP contribution < -0.4 is 0 Å². The van der Waals surface area contributed by atoms with Crippen molar-refractivity contribution in [3.63, 3.8) is 0 Å². The number of nitrogens with zero attached hydrogens (tertiary/aromatic N) is 1. The lowest BCUT2D eigenvalue weighted by Crippen LogP contribution is -2.03. The van der Waals surface area contributed by atoms with Gasteiger partial charge in [0.25, 0.3) is 0 Å². The van der Waals surface area contributed by atoms with E-state index in [9.17, 15) is 9.90 Å². The Labute approximate surface area is 102 Å². The minimum absolute atomic E-state index is 0.00519. The van der Waals surface area contributed by atoms with Crippen molar-refractivity contribution < 1.29 is 15.0 Å².